The van der Waals surface area contributed by atoms with Crippen molar-refractivity contribution in [2.24, 2.45) is 0 Å². The van der Waals surface area contributed by atoms with Crippen LogP contribution in [0, 0.1) is 0 Å². The minimum absolute atomic E-state index is 0.488. The minimum atomic E-state index is -1.06. The molecule has 1 aliphatic carbocycles. The van der Waals surface area contributed by atoms with Gasteiger partial charge in [-0.2, -0.15) is 0 Å². The van der Waals surface area contributed by atoms with E-state index in [-0.39, 0.29) is 0 Å². The summed E-state index contributed by atoms with van der Waals surface area (Å²) in [5, 5.41) is -4.23. The van der Waals surface area contributed by atoms with Crippen molar-refractivity contribution in [1.82, 2.24) is 0 Å². The molecule has 0 amide bonds. The van der Waals surface area contributed by atoms with Crippen LogP contribution in [0.2, 0.25) is 0 Å². The molecule has 0 bridgehead atoms. The van der Waals surface area contributed by atoms with E-state index in [1.807, 2.05) is 0 Å². The van der Waals surface area contributed by atoms with E-state index in [0.29, 0.717) is 0 Å². The summed E-state index contributed by atoms with van der Waals surface area (Å²) in [6.07, 6.45) is 0. The Kier molecular flexibility index (Phi) is 3.27. The normalized spacial score (nSPS) is 43.3. The van der Waals surface area contributed by atoms with Crippen molar-refractivity contribution in [3.8, 4) is 0 Å². The lowest BCUT2D eigenvalue weighted by molar-refractivity contribution is -0.127. The number of rotatable bonds is 0. The van der Waals surface area contributed by atoms with E-state index in [2.05, 4.69) is 0 Å². The molecule has 0 aromatic carbocycles. The van der Waals surface area contributed by atoms with Gasteiger partial charge in [0.15, 0.2) is 11.6 Å². The molecule has 4 unspecified atom stereocenters. The maximum atomic E-state index is 11.1. The van der Waals surface area contributed by atoms with Gasteiger partial charge in [-0.1, -0.05) is 0 Å². The highest BCUT2D eigenvalue weighted by Gasteiger charge is 2.46. The molecule has 0 N–H and O–H groups in total. The predicted molar refractivity (Wildman–Crippen MR) is 48.6 cm³/mol. The first-order valence-corrected chi connectivity index (χ1v) is 4.85. The molecule has 1 rings (SSSR count). The quantitative estimate of drug-likeness (QED) is 0.611. The van der Waals surface area contributed by atoms with Crippen molar-refractivity contribution in [1.29, 1.82) is 0 Å². The Morgan fingerprint density at radius 3 is 1.00 bits per heavy atom. The SMILES string of the molecule is O=C1C(Cl)C(Cl)C(=O)C(Cl)C1Cl. The van der Waals surface area contributed by atoms with Gasteiger partial charge in [0.25, 0.3) is 0 Å². The van der Waals surface area contributed by atoms with E-state index in [0.717, 1.165) is 0 Å². The highest BCUT2D eigenvalue weighted by molar-refractivity contribution is 6.55. The number of carbonyl (C=O) groups is 2. The first-order valence-electron chi connectivity index (χ1n) is 3.10. The molecule has 68 valence electrons. The summed E-state index contributed by atoms with van der Waals surface area (Å²) in [6.45, 7) is 0. The van der Waals surface area contributed by atoms with Crippen LogP contribution >= 0.6 is 46.4 Å². The number of halogens is 4. The molecule has 1 fully saturated rings. The second-order valence-corrected chi connectivity index (χ2v) is 4.29. The summed E-state index contributed by atoms with van der Waals surface area (Å²) >= 11 is 22.1. The van der Waals surface area contributed by atoms with Gasteiger partial charge in [0.2, 0.25) is 0 Å². The van der Waals surface area contributed by atoms with E-state index in [1.165, 1.54) is 0 Å². The van der Waals surface area contributed by atoms with Crippen LogP contribution in [0.3, 0.4) is 0 Å². The Morgan fingerprint density at radius 1 is 0.667 bits per heavy atom. The summed E-state index contributed by atoms with van der Waals surface area (Å²) in [5.41, 5.74) is 0. The number of Topliss-reactive ketones (excluding diaryl/α,β-unsaturated/α-hetero) is 2. The smallest absolute Gasteiger partial charge is 0.172 e. The van der Waals surface area contributed by atoms with Gasteiger partial charge in [-0.05, 0) is 0 Å². The van der Waals surface area contributed by atoms with Crippen molar-refractivity contribution in [3.63, 3.8) is 0 Å². The topological polar surface area (TPSA) is 34.1 Å². The molecule has 0 aliphatic heterocycles. The zero-order chi connectivity index (χ0) is 9.46. The second kappa shape index (κ2) is 3.70. The summed E-state index contributed by atoms with van der Waals surface area (Å²) in [6, 6.07) is 0. The van der Waals surface area contributed by atoms with Crippen molar-refractivity contribution in [2.45, 2.75) is 21.5 Å². The lowest BCUT2D eigenvalue weighted by Crippen LogP contribution is -2.51. The van der Waals surface area contributed by atoms with Crippen LogP contribution in [-0.2, 0) is 9.59 Å². The van der Waals surface area contributed by atoms with Gasteiger partial charge in [0, 0.05) is 0 Å². The molecule has 1 aliphatic rings. The fourth-order valence-electron chi connectivity index (χ4n) is 0.881. The molecule has 0 heterocycles. The Labute approximate surface area is 89.1 Å². The minimum Gasteiger partial charge on any atom is -0.296 e. The maximum Gasteiger partial charge on any atom is 0.172 e. The molecule has 0 aromatic heterocycles. The fraction of sp³-hybridized carbons (Fsp3) is 0.667. The van der Waals surface area contributed by atoms with Crippen molar-refractivity contribution in [2.75, 3.05) is 0 Å². The van der Waals surface area contributed by atoms with Crippen LogP contribution in [-0.4, -0.2) is 33.1 Å². The lowest BCUT2D eigenvalue weighted by atomic mass is 9.96. The van der Waals surface area contributed by atoms with E-state index in [9.17, 15) is 9.59 Å². The summed E-state index contributed by atoms with van der Waals surface area (Å²) in [4.78, 5) is 22.2. The fourth-order valence-corrected chi connectivity index (χ4v) is 2.05. The average Bonchev–Trinajstić information content (AvgIpc) is 2.08. The monoisotopic (exact) mass is 248 g/mol. The Hall–Kier alpha value is 0.500. The molecule has 0 spiro atoms. The molecule has 2 nitrogen and oxygen atoms in total. The second-order valence-electron chi connectivity index (χ2n) is 2.41. The first kappa shape index (κ1) is 10.6. The average molecular weight is 250 g/mol. The maximum absolute atomic E-state index is 11.1. The van der Waals surface area contributed by atoms with Gasteiger partial charge in [-0.25, -0.2) is 0 Å². The third-order valence-corrected chi connectivity index (χ3v) is 3.73. The molecule has 0 radical (unpaired) electrons. The third-order valence-electron chi connectivity index (χ3n) is 1.60. The lowest BCUT2D eigenvalue weighted by Gasteiger charge is -2.26. The summed E-state index contributed by atoms with van der Waals surface area (Å²) < 4.78 is 0. The highest BCUT2D eigenvalue weighted by atomic mass is 35.5. The molecule has 4 atom stereocenters. The standard InChI is InChI=1S/C6H4Cl4O2/c7-1-2(8)6(12)4(10)3(9)5(1)11/h1-4H. The zero-order valence-corrected chi connectivity index (χ0v) is 8.66. The van der Waals surface area contributed by atoms with Gasteiger partial charge in [-0.3, -0.25) is 9.59 Å². The first-order chi connectivity index (χ1) is 5.46. The molecule has 0 saturated heterocycles. The summed E-state index contributed by atoms with van der Waals surface area (Å²) in [5.74, 6) is -0.976. The Bertz CT molecular complexity index is 186. The number of hydrogen-bond donors (Lipinski definition) is 0. The summed E-state index contributed by atoms with van der Waals surface area (Å²) in [7, 11) is 0. The van der Waals surface area contributed by atoms with Crippen LogP contribution in [0.25, 0.3) is 0 Å². The third kappa shape index (κ3) is 1.58. The molecule has 6 heteroatoms. The van der Waals surface area contributed by atoms with E-state index >= 15 is 0 Å². The van der Waals surface area contributed by atoms with Crippen LogP contribution in [0.5, 0.6) is 0 Å². The molecule has 1 saturated carbocycles. The van der Waals surface area contributed by atoms with Gasteiger partial charge in [0.1, 0.15) is 21.5 Å². The molecular formula is C6H4Cl4O2. The number of carbonyl (C=O) groups excluding carboxylic acids is 2. The van der Waals surface area contributed by atoms with Crippen molar-refractivity contribution >= 4 is 58.0 Å². The van der Waals surface area contributed by atoms with Crippen molar-refractivity contribution in [3.05, 3.63) is 0 Å². The van der Waals surface area contributed by atoms with Gasteiger partial charge in [-0.15, -0.1) is 46.4 Å². The van der Waals surface area contributed by atoms with E-state index < -0.39 is 33.1 Å². The van der Waals surface area contributed by atoms with Crippen LogP contribution in [0.15, 0.2) is 0 Å². The van der Waals surface area contributed by atoms with Gasteiger partial charge in [0.05, 0.1) is 0 Å². The Morgan fingerprint density at radius 2 is 0.833 bits per heavy atom. The van der Waals surface area contributed by atoms with Crippen LogP contribution < -0.4 is 0 Å². The van der Waals surface area contributed by atoms with Gasteiger partial charge >= 0.3 is 0 Å². The highest BCUT2D eigenvalue weighted by Crippen LogP contribution is 2.28. The Balaban J connectivity index is 2.91. The van der Waals surface area contributed by atoms with E-state index in [4.69, 9.17) is 46.4 Å². The zero-order valence-electron chi connectivity index (χ0n) is 5.64. The van der Waals surface area contributed by atoms with Crippen molar-refractivity contribution < 1.29 is 9.59 Å². The molecule has 12 heavy (non-hydrogen) atoms. The molecular weight excluding hydrogens is 246 g/mol. The predicted octanol–water partition coefficient (Wildman–Crippen LogP) is 1.57. The van der Waals surface area contributed by atoms with Gasteiger partial charge < -0.3 is 0 Å². The van der Waals surface area contributed by atoms with Crippen LogP contribution in [0.4, 0.5) is 0 Å². The number of ketones is 2. The number of hydrogen-bond acceptors (Lipinski definition) is 2. The molecule has 0 aromatic rings. The largest absolute Gasteiger partial charge is 0.296 e. The van der Waals surface area contributed by atoms with E-state index in [1.54, 1.807) is 0 Å². The van der Waals surface area contributed by atoms with Crippen LogP contribution in [0.1, 0.15) is 0 Å². The number of alkyl halides is 4.